The Morgan fingerprint density at radius 3 is 2.23 bits per heavy atom. The second-order valence-corrected chi connectivity index (χ2v) is 5.87. The summed E-state index contributed by atoms with van der Waals surface area (Å²) >= 11 is 0. The molecule has 0 atom stereocenters. The van der Waals surface area contributed by atoms with Gasteiger partial charge in [-0.05, 0) is 48.4 Å². The minimum Gasteiger partial charge on any atom is -0.451 e. The summed E-state index contributed by atoms with van der Waals surface area (Å²) in [6.45, 7) is 3.42. The van der Waals surface area contributed by atoms with Crippen molar-refractivity contribution >= 4 is 34.2 Å². The number of carbonyl (C=O) groups is 2. The van der Waals surface area contributed by atoms with Gasteiger partial charge in [0.2, 0.25) is 5.91 Å². The summed E-state index contributed by atoms with van der Waals surface area (Å²) in [4.78, 5) is 35.7. The lowest BCUT2D eigenvalue weighted by molar-refractivity contribution is -0.114. The van der Waals surface area contributed by atoms with Crippen molar-refractivity contribution in [2.75, 3.05) is 10.6 Å². The molecule has 3 aromatic rings. The second kappa shape index (κ2) is 7.23. The molecule has 0 spiro atoms. The van der Waals surface area contributed by atoms with Crippen LogP contribution in [0.3, 0.4) is 0 Å². The van der Waals surface area contributed by atoms with Crippen LogP contribution in [-0.4, -0.2) is 11.8 Å². The topological polar surface area (TPSA) is 88.4 Å². The molecule has 2 N–H and O–H groups in total. The SMILES string of the molecule is CCc1ccc2oc(C(=O)Nc3ccc(NC(C)=O)cc3)cc(=O)c2c1. The normalized spacial score (nSPS) is 10.5. The first kappa shape index (κ1) is 17.4. The quantitative estimate of drug-likeness (QED) is 0.753. The molecule has 6 nitrogen and oxygen atoms in total. The summed E-state index contributed by atoms with van der Waals surface area (Å²) in [7, 11) is 0. The molecular weight excluding hydrogens is 332 g/mol. The number of aryl methyl sites for hydroxylation is 1. The van der Waals surface area contributed by atoms with Crippen LogP contribution in [0.15, 0.2) is 57.7 Å². The number of nitrogens with one attached hydrogen (secondary N) is 2. The molecule has 0 bridgehead atoms. The van der Waals surface area contributed by atoms with Crippen molar-refractivity contribution in [1.29, 1.82) is 0 Å². The van der Waals surface area contributed by atoms with E-state index in [1.165, 1.54) is 13.0 Å². The van der Waals surface area contributed by atoms with Crippen LogP contribution in [0.5, 0.6) is 0 Å². The van der Waals surface area contributed by atoms with Crippen LogP contribution in [0, 0.1) is 0 Å². The maximum absolute atomic E-state index is 12.4. The van der Waals surface area contributed by atoms with Crippen molar-refractivity contribution in [3.63, 3.8) is 0 Å². The molecule has 0 aliphatic carbocycles. The van der Waals surface area contributed by atoms with Gasteiger partial charge in [-0.25, -0.2) is 0 Å². The molecule has 0 saturated carbocycles. The molecule has 0 saturated heterocycles. The fourth-order valence-electron chi connectivity index (χ4n) is 2.57. The van der Waals surface area contributed by atoms with Crippen molar-refractivity contribution in [3.05, 3.63) is 70.1 Å². The van der Waals surface area contributed by atoms with Gasteiger partial charge in [0.15, 0.2) is 11.2 Å². The summed E-state index contributed by atoms with van der Waals surface area (Å²) in [6, 6.07) is 13.2. The van der Waals surface area contributed by atoms with E-state index in [9.17, 15) is 14.4 Å². The van der Waals surface area contributed by atoms with Gasteiger partial charge in [-0.2, -0.15) is 0 Å². The van der Waals surface area contributed by atoms with E-state index in [4.69, 9.17) is 4.42 Å². The van der Waals surface area contributed by atoms with Crippen molar-refractivity contribution in [1.82, 2.24) is 0 Å². The molecule has 26 heavy (non-hydrogen) atoms. The minimum atomic E-state index is -0.518. The highest BCUT2D eigenvalue weighted by atomic mass is 16.3. The molecule has 0 fully saturated rings. The molecule has 0 aliphatic rings. The number of carbonyl (C=O) groups excluding carboxylic acids is 2. The summed E-state index contributed by atoms with van der Waals surface area (Å²) in [5.41, 5.74) is 2.29. The molecule has 0 aliphatic heterocycles. The zero-order valence-electron chi connectivity index (χ0n) is 14.5. The first-order valence-electron chi connectivity index (χ1n) is 8.22. The lowest BCUT2D eigenvalue weighted by Gasteiger charge is -2.07. The Balaban J connectivity index is 1.83. The third-order valence-electron chi connectivity index (χ3n) is 3.89. The smallest absolute Gasteiger partial charge is 0.291 e. The van der Waals surface area contributed by atoms with Gasteiger partial charge in [-0.15, -0.1) is 0 Å². The van der Waals surface area contributed by atoms with Gasteiger partial charge in [0.25, 0.3) is 5.91 Å². The Morgan fingerprint density at radius 2 is 1.62 bits per heavy atom. The van der Waals surface area contributed by atoms with E-state index >= 15 is 0 Å². The fourth-order valence-corrected chi connectivity index (χ4v) is 2.57. The zero-order chi connectivity index (χ0) is 18.7. The van der Waals surface area contributed by atoms with Crippen LogP contribution in [-0.2, 0) is 11.2 Å². The number of hydrogen-bond donors (Lipinski definition) is 2. The highest BCUT2D eigenvalue weighted by Gasteiger charge is 2.13. The molecule has 132 valence electrons. The van der Waals surface area contributed by atoms with Gasteiger partial charge < -0.3 is 15.1 Å². The fraction of sp³-hybridized carbons (Fsp3) is 0.150. The van der Waals surface area contributed by atoms with E-state index in [1.54, 1.807) is 36.4 Å². The van der Waals surface area contributed by atoms with E-state index in [0.717, 1.165) is 12.0 Å². The zero-order valence-corrected chi connectivity index (χ0v) is 14.5. The molecular formula is C20H18N2O4. The molecule has 0 radical (unpaired) electrons. The largest absolute Gasteiger partial charge is 0.451 e. The average molecular weight is 350 g/mol. The maximum Gasteiger partial charge on any atom is 0.291 e. The van der Waals surface area contributed by atoms with Crippen molar-refractivity contribution in [2.24, 2.45) is 0 Å². The third kappa shape index (κ3) is 3.80. The summed E-state index contributed by atoms with van der Waals surface area (Å²) < 4.78 is 5.58. The molecule has 3 rings (SSSR count). The first-order chi connectivity index (χ1) is 12.5. The van der Waals surface area contributed by atoms with Gasteiger partial charge >= 0.3 is 0 Å². The van der Waals surface area contributed by atoms with Crippen LogP contribution in [0.1, 0.15) is 30.0 Å². The summed E-state index contributed by atoms with van der Waals surface area (Å²) in [5, 5.41) is 5.77. The van der Waals surface area contributed by atoms with Crippen molar-refractivity contribution in [2.45, 2.75) is 20.3 Å². The predicted molar refractivity (Wildman–Crippen MR) is 101 cm³/mol. The lowest BCUT2D eigenvalue weighted by Crippen LogP contribution is -2.15. The highest BCUT2D eigenvalue weighted by Crippen LogP contribution is 2.17. The molecule has 2 amide bonds. The Hall–Kier alpha value is -3.41. The predicted octanol–water partition coefficient (Wildman–Crippen LogP) is 3.57. The lowest BCUT2D eigenvalue weighted by atomic mass is 10.1. The number of rotatable bonds is 4. The van der Waals surface area contributed by atoms with E-state index in [0.29, 0.717) is 22.3 Å². The Kier molecular flexibility index (Phi) is 4.84. The minimum absolute atomic E-state index is 0.0577. The van der Waals surface area contributed by atoms with Crippen LogP contribution < -0.4 is 16.1 Å². The Labute approximate surface area is 149 Å². The first-order valence-corrected chi connectivity index (χ1v) is 8.22. The van der Waals surface area contributed by atoms with E-state index in [-0.39, 0.29) is 17.1 Å². The Bertz CT molecular complexity index is 1040. The number of amides is 2. The second-order valence-electron chi connectivity index (χ2n) is 5.87. The number of hydrogen-bond acceptors (Lipinski definition) is 4. The van der Waals surface area contributed by atoms with Gasteiger partial charge in [0.05, 0.1) is 5.39 Å². The summed E-state index contributed by atoms with van der Waals surface area (Å²) in [6.07, 6.45) is 0.812. The average Bonchev–Trinajstić information content (AvgIpc) is 2.62. The van der Waals surface area contributed by atoms with Gasteiger partial charge in [0.1, 0.15) is 5.58 Å². The van der Waals surface area contributed by atoms with Crippen LogP contribution in [0.25, 0.3) is 11.0 Å². The molecule has 1 heterocycles. The van der Waals surface area contributed by atoms with E-state index in [1.807, 2.05) is 13.0 Å². The third-order valence-corrected chi connectivity index (χ3v) is 3.89. The molecule has 6 heteroatoms. The van der Waals surface area contributed by atoms with Crippen molar-refractivity contribution in [3.8, 4) is 0 Å². The molecule has 2 aromatic carbocycles. The standard InChI is InChI=1S/C20H18N2O4/c1-3-13-4-9-18-16(10-13)17(24)11-19(26-18)20(25)22-15-7-5-14(6-8-15)21-12(2)23/h4-11H,3H2,1-2H3,(H,21,23)(H,22,25). The summed E-state index contributed by atoms with van der Waals surface area (Å²) in [5.74, 6) is -0.750. The monoisotopic (exact) mass is 350 g/mol. The number of benzene rings is 2. The van der Waals surface area contributed by atoms with Crippen LogP contribution >= 0.6 is 0 Å². The molecule has 0 unspecified atom stereocenters. The van der Waals surface area contributed by atoms with E-state index < -0.39 is 5.91 Å². The number of anilines is 2. The van der Waals surface area contributed by atoms with Gasteiger partial charge in [-0.1, -0.05) is 13.0 Å². The van der Waals surface area contributed by atoms with Gasteiger partial charge in [0, 0.05) is 24.4 Å². The maximum atomic E-state index is 12.4. The van der Waals surface area contributed by atoms with Crippen LogP contribution in [0.4, 0.5) is 11.4 Å². The molecule has 1 aromatic heterocycles. The van der Waals surface area contributed by atoms with Crippen molar-refractivity contribution < 1.29 is 14.0 Å². The van der Waals surface area contributed by atoms with Crippen LogP contribution in [0.2, 0.25) is 0 Å². The highest BCUT2D eigenvalue weighted by molar-refractivity contribution is 6.03. The van der Waals surface area contributed by atoms with E-state index in [2.05, 4.69) is 10.6 Å². The van der Waals surface area contributed by atoms with Gasteiger partial charge in [-0.3, -0.25) is 14.4 Å². The number of fused-ring (bicyclic) bond motifs is 1. The Morgan fingerprint density at radius 1 is 0.962 bits per heavy atom.